The summed E-state index contributed by atoms with van der Waals surface area (Å²) in [5, 5.41) is 5.60. The molecule has 1 fully saturated rings. The first kappa shape index (κ1) is 19.1. The summed E-state index contributed by atoms with van der Waals surface area (Å²) in [5.41, 5.74) is 2.28. The molecule has 140 valence electrons. The van der Waals surface area contributed by atoms with Crippen LogP contribution in [0, 0.1) is 5.92 Å². The van der Waals surface area contributed by atoms with Gasteiger partial charge in [-0.1, -0.05) is 34.1 Å². The molecule has 0 bridgehead atoms. The van der Waals surface area contributed by atoms with Crippen molar-refractivity contribution < 1.29 is 14.4 Å². The Hall–Kier alpha value is -2.67. The van der Waals surface area contributed by atoms with E-state index < -0.39 is 5.92 Å². The van der Waals surface area contributed by atoms with Crippen LogP contribution in [0.1, 0.15) is 18.9 Å². The largest absolute Gasteiger partial charge is 0.352 e. The normalized spacial score (nSPS) is 16.3. The van der Waals surface area contributed by atoms with Crippen LogP contribution >= 0.6 is 15.9 Å². The van der Waals surface area contributed by atoms with Gasteiger partial charge in [-0.15, -0.1) is 0 Å². The zero-order valence-corrected chi connectivity index (χ0v) is 16.5. The molecular formula is C20H20BrN3O3. The Labute approximate surface area is 166 Å². The van der Waals surface area contributed by atoms with Crippen LogP contribution in [0.15, 0.2) is 53.0 Å². The van der Waals surface area contributed by atoms with E-state index in [0.29, 0.717) is 24.5 Å². The summed E-state index contributed by atoms with van der Waals surface area (Å²) in [4.78, 5) is 37.7. The lowest BCUT2D eigenvalue weighted by Crippen LogP contribution is -2.32. The molecule has 6 nitrogen and oxygen atoms in total. The van der Waals surface area contributed by atoms with E-state index in [2.05, 4.69) is 26.6 Å². The average Bonchev–Trinajstić information content (AvgIpc) is 3.01. The SMILES string of the molecule is CC(=O)Nc1cccc(N2CC(C(=O)NCc3cccc(Br)c3)CC2=O)c1. The first-order valence-corrected chi connectivity index (χ1v) is 9.42. The highest BCUT2D eigenvalue weighted by Crippen LogP contribution is 2.27. The zero-order chi connectivity index (χ0) is 19.4. The minimum Gasteiger partial charge on any atom is -0.352 e. The number of nitrogens with zero attached hydrogens (tertiary/aromatic N) is 1. The summed E-state index contributed by atoms with van der Waals surface area (Å²) in [7, 11) is 0. The maximum Gasteiger partial charge on any atom is 0.227 e. The van der Waals surface area contributed by atoms with Gasteiger partial charge in [-0.2, -0.15) is 0 Å². The van der Waals surface area contributed by atoms with Gasteiger partial charge in [-0.05, 0) is 35.9 Å². The van der Waals surface area contributed by atoms with Gasteiger partial charge < -0.3 is 15.5 Å². The highest BCUT2D eigenvalue weighted by atomic mass is 79.9. The molecule has 0 radical (unpaired) electrons. The number of benzene rings is 2. The summed E-state index contributed by atoms with van der Waals surface area (Å²) in [6.07, 6.45) is 0.175. The number of halogens is 1. The third-order valence-electron chi connectivity index (χ3n) is 4.33. The van der Waals surface area contributed by atoms with E-state index in [1.165, 1.54) is 6.92 Å². The fourth-order valence-electron chi connectivity index (χ4n) is 3.07. The third-order valence-corrected chi connectivity index (χ3v) is 4.82. The first-order valence-electron chi connectivity index (χ1n) is 8.62. The molecular weight excluding hydrogens is 410 g/mol. The molecule has 2 aromatic rings. The molecule has 0 aromatic heterocycles. The van der Waals surface area contributed by atoms with Crippen molar-refractivity contribution in [1.82, 2.24) is 5.32 Å². The predicted molar refractivity (Wildman–Crippen MR) is 107 cm³/mol. The molecule has 3 amide bonds. The maximum absolute atomic E-state index is 12.5. The summed E-state index contributed by atoms with van der Waals surface area (Å²) in [6, 6.07) is 14.8. The second-order valence-corrected chi connectivity index (χ2v) is 7.40. The summed E-state index contributed by atoms with van der Waals surface area (Å²) < 4.78 is 0.954. The Balaban J connectivity index is 1.63. The van der Waals surface area contributed by atoms with Crippen LogP contribution in [0.4, 0.5) is 11.4 Å². The number of carbonyl (C=O) groups excluding carboxylic acids is 3. The maximum atomic E-state index is 12.5. The Bertz CT molecular complexity index is 884. The van der Waals surface area contributed by atoms with Crippen LogP contribution in [0.25, 0.3) is 0 Å². The van der Waals surface area contributed by atoms with Gasteiger partial charge in [0.15, 0.2) is 0 Å². The number of carbonyl (C=O) groups is 3. The van der Waals surface area contributed by atoms with Crippen molar-refractivity contribution in [3.05, 3.63) is 58.6 Å². The molecule has 1 aliphatic rings. The highest BCUT2D eigenvalue weighted by molar-refractivity contribution is 9.10. The first-order chi connectivity index (χ1) is 12.9. The minimum absolute atomic E-state index is 0.0995. The fraction of sp³-hybridized carbons (Fsp3) is 0.250. The molecule has 1 aliphatic heterocycles. The number of nitrogens with one attached hydrogen (secondary N) is 2. The predicted octanol–water partition coefficient (Wildman–Crippen LogP) is 3.08. The van der Waals surface area contributed by atoms with E-state index in [9.17, 15) is 14.4 Å². The van der Waals surface area contributed by atoms with Crippen molar-refractivity contribution in [2.45, 2.75) is 19.9 Å². The van der Waals surface area contributed by atoms with E-state index in [4.69, 9.17) is 0 Å². The Morgan fingerprint density at radius 1 is 1.19 bits per heavy atom. The summed E-state index contributed by atoms with van der Waals surface area (Å²) in [6.45, 7) is 2.17. The minimum atomic E-state index is -0.394. The molecule has 0 aliphatic carbocycles. The third kappa shape index (κ3) is 4.95. The molecule has 2 N–H and O–H groups in total. The van der Waals surface area contributed by atoms with Crippen LogP contribution in [-0.2, 0) is 20.9 Å². The number of anilines is 2. The Morgan fingerprint density at radius 3 is 2.70 bits per heavy atom. The molecule has 1 unspecified atom stereocenters. The van der Waals surface area contributed by atoms with Crippen molar-refractivity contribution in [1.29, 1.82) is 0 Å². The monoisotopic (exact) mass is 429 g/mol. The molecule has 2 aromatic carbocycles. The van der Waals surface area contributed by atoms with Gasteiger partial charge in [-0.3, -0.25) is 14.4 Å². The number of hydrogen-bond donors (Lipinski definition) is 2. The molecule has 0 spiro atoms. The Kier molecular flexibility index (Phi) is 5.91. The molecule has 3 rings (SSSR count). The van der Waals surface area contributed by atoms with E-state index >= 15 is 0 Å². The van der Waals surface area contributed by atoms with Crippen LogP contribution in [0.3, 0.4) is 0 Å². The molecule has 7 heteroatoms. The summed E-state index contributed by atoms with van der Waals surface area (Å²) in [5.74, 6) is -0.805. The van der Waals surface area contributed by atoms with Gasteiger partial charge in [0, 0.05) is 42.3 Å². The second kappa shape index (κ2) is 8.35. The van der Waals surface area contributed by atoms with Gasteiger partial charge in [0.25, 0.3) is 0 Å². The van der Waals surface area contributed by atoms with Gasteiger partial charge in [0.05, 0.1) is 5.92 Å². The second-order valence-electron chi connectivity index (χ2n) is 6.48. The van der Waals surface area contributed by atoms with Crippen LogP contribution in [-0.4, -0.2) is 24.3 Å². The van der Waals surface area contributed by atoms with Gasteiger partial charge >= 0.3 is 0 Å². The van der Waals surface area contributed by atoms with Gasteiger partial charge in [0.1, 0.15) is 0 Å². The lowest BCUT2D eigenvalue weighted by atomic mass is 10.1. The van der Waals surface area contributed by atoms with Crippen LogP contribution in [0.5, 0.6) is 0 Å². The zero-order valence-electron chi connectivity index (χ0n) is 14.9. The van der Waals surface area contributed by atoms with E-state index in [-0.39, 0.29) is 24.1 Å². The smallest absolute Gasteiger partial charge is 0.227 e. The number of hydrogen-bond acceptors (Lipinski definition) is 3. The standard InChI is InChI=1S/C20H20BrN3O3/c1-13(25)23-17-6-3-7-18(10-17)24-12-15(9-19(24)26)20(27)22-11-14-4-2-5-16(21)8-14/h2-8,10,15H,9,11-12H2,1H3,(H,22,27)(H,23,25). The van der Waals surface area contributed by atoms with Gasteiger partial charge in [0.2, 0.25) is 17.7 Å². The average molecular weight is 430 g/mol. The lowest BCUT2D eigenvalue weighted by molar-refractivity contribution is -0.126. The molecule has 1 atom stereocenters. The molecule has 1 heterocycles. The van der Waals surface area contributed by atoms with Crippen molar-refractivity contribution in [3.8, 4) is 0 Å². The number of amides is 3. The van der Waals surface area contributed by atoms with Crippen molar-refractivity contribution >= 4 is 45.0 Å². The quantitative estimate of drug-likeness (QED) is 0.766. The van der Waals surface area contributed by atoms with Crippen molar-refractivity contribution in [3.63, 3.8) is 0 Å². The topological polar surface area (TPSA) is 78.5 Å². The Morgan fingerprint density at radius 2 is 1.96 bits per heavy atom. The van der Waals surface area contributed by atoms with Crippen molar-refractivity contribution in [2.75, 3.05) is 16.8 Å². The van der Waals surface area contributed by atoms with E-state index in [1.54, 1.807) is 29.2 Å². The highest BCUT2D eigenvalue weighted by Gasteiger charge is 2.35. The molecule has 0 saturated carbocycles. The van der Waals surface area contributed by atoms with Crippen LogP contribution < -0.4 is 15.5 Å². The number of rotatable bonds is 5. The van der Waals surface area contributed by atoms with E-state index in [1.807, 2.05) is 24.3 Å². The van der Waals surface area contributed by atoms with Gasteiger partial charge in [-0.25, -0.2) is 0 Å². The van der Waals surface area contributed by atoms with Crippen molar-refractivity contribution in [2.24, 2.45) is 5.92 Å². The summed E-state index contributed by atoms with van der Waals surface area (Å²) >= 11 is 3.41. The fourth-order valence-corrected chi connectivity index (χ4v) is 3.51. The van der Waals surface area contributed by atoms with Crippen LogP contribution in [0.2, 0.25) is 0 Å². The lowest BCUT2D eigenvalue weighted by Gasteiger charge is -2.18. The molecule has 1 saturated heterocycles. The molecule has 27 heavy (non-hydrogen) atoms. The van der Waals surface area contributed by atoms with E-state index in [0.717, 1.165) is 10.0 Å².